The number of ether oxygens (including phenoxy) is 1. The normalized spacial score (nSPS) is 12.0. The van der Waals surface area contributed by atoms with Crippen molar-refractivity contribution < 1.29 is 4.74 Å². The smallest absolute Gasteiger partial charge is 0.150 e. The van der Waals surface area contributed by atoms with E-state index < -0.39 is 0 Å². The van der Waals surface area contributed by atoms with Gasteiger partial charge >= 0.3 is 0 Å². The Labute approximate surface area is 139 Å². The third-order valence-electron chi connectivity index (χ3n) is 2.79. The molecule has 6 heteroatoms. The summed E-state index contributed by atoms with van der Waals surface area (Å²) in [6.45, 7) is 4.47. The molecule has 0 spiro atoms. The standard InChI is InChI=1S/C15H15Cl3N2O/c1-9-3-5-11(6-4-9)21-8-10(2)19-15-13(17)7-12(16)14(18)20-15/h3-7,10H,8H2,1-2H3,(H,19,20). The maximum Gasteiger partial charge on any atom is 0.150 e. The Morgan fingerprint density at radius 3 is 2.48 bits per heavy atom. The van der Waals surface area contributed by atoms with Crippen LogP contribution < -0.4 is 10.1 Å². The highest BCUT2D eigenvalue weighted by Crippen LogP contribution is 2.29. The molecule has 21 heavy (non-hydrogen) atoms. The van der Waals surface area contributed by atoms with Crippen LogP contribution >= 0.6 is 34.8 Å². The fourth-order valence-corrected chi connectivity index (χ4v) is 2.23. The van der Waals surface area contributed by atoms with E-state index in [1.54, 1.807) is 6.07 Å². The van der Waals surface area contributed by atoms with Crippen LogP contribution in [-0.4, -0.2) is 17.6 Å². The van der Waals surface area contributed by atoms with Crippen molar-refractivity contribution in [1.29, 1.82) is 0 Å². The first-order chi connectivity index (χ1) is 9.95. The first kappa shape index (κ1) is 16.2. The second kappa shape index (κ2) is 7.21. The first-order valence-corrected chi connectivity index (χ1v) is 7.56. The van der Waals surface area contributed by atoms with Gasteiger partial charge in [-0.3, -0.25) is 0 Å². The van der Waals surface area contributed by atoms with E-state index in [0.717, 1.165) is 5.75 Å². The number of halogens is 3. The van der Waals surface area contributed by atoms with Gasteiger partial charge in [-0.05, 0) is 32.0 Å². The first-order valence-electron chi connectivity index (χ1n) is 6.43. The summed E-state index contributed by atoms with van der Waals surface area (Å²) in [5.74, 6) is 1.31. The molecule has 2 rings (SSSR count). The van der Waals surface area contributed by atoms with Crippen LogP contribution in [0.5, 0.6) is 5.75 Å². The van der Waals surface area contributed by atoms with Crippen molar-refractivity contribution in [2.75, 3.05) is 11.9 Å². The maximum absolute atomic E-state index is 6.07. The van der Waals surface area contributed by atoms with Gasteiger partial charge in [0.15, 0.2) is 0 Å². The van der Waals surface area contributed by atoms with E-state index in [2.05, 4.69) is 10.3 Å². The molecule has 112 valence electrons. The lowest BCUT2D eigenvalue weighted by molar-refractivity contribution is 0.303. The summed E-state index contributed by atoms with van der Waals surface area (Å²) in [6.07, 6.45) is 0. The highest BCUT2D eigenvalue weighted by atomic mass is 35.5. The van der Waals surface area contributed by atoms with E-state index in [9.17, 15) is 0 Å². The molecule has 1 heterocycles. The zero-order chi connectivity index (χ0) is 15.4. The summed E-state index contributed by atoms with van der Waals surface area (Å²) in [7, 11) is 0. The average Bonchev–Trinajstić information content (AvgIpc) is 2.44. The van der Waals surface area contributed by atoms with Crippen molar-refractivity contribution in [3.05, 3.63) is 51.1 Å². The van der Waals surface area contributed by atoms with Crippen molar-refractivity contribution in [2.45, 2.75) is 19.9 Å². The predicted molar refractivity (Wildman–Crippen MR) is 89.0 cm³/mol. The van der Waals surface area contributed by atoms with Gasteiger partial charge in [0.1, 0.15) is 23.3 Å². The summed E-state index contributed by atoms with van der Waals surface area (Å²) in [5.41, 5.74) is 1.19. The SMILES string of the molecule is Cc1ccc(OCC(C)Nc2nc(Cl)c(Cl)cc2Cl)cc1. The number of aryl methyl sites for hydroxylation is 1. The Hall–Kier alpha value is -1.16. The molecule has 3 nitrogen and oxygen atoms in total. The molecule has 1 unspecified atom stereocenters. The van der Waals surface area contributed by atoms with Gasteiger partial charge in [0.25, 0.3) is 0 Å². The van der Waals surface area contributed by atoms with Crippen LogP contribution in [0.1, 0.15) is 12.5 Å². The third-order valence-corrected chi connectivity index (χ3v) is 3.75. The molecule has 0 amide bonds. The van der Waals surface area contributed by atoms with Crippen LogP contribution in [0.25, 0.3) is 0 Å². The Balaban J connectivity index is 1.94. The van der Waals surface area contributed by atoms with Crippen LogP contribution in [0.15, 0.2) is 30.3 Å². The Morgan fingerprint density at radius 1 is 1.14 bits per heavy atom. The molecule has 0 saturated heterocycles. The van der Waals surface area contributed by atoms with E-state index in [0.29, 0.717) is 22.5 Å². The van der Waals surface area contributed by atoms with Gasteiger partial charge in [-0.25, -0.2) is 4.98 Å². The number of pyridine rings is 1. The van der Waals surface area contributed by atoms with Gasteiger partial charge in [-0.15, -0.1) is 0 Å². The number of benzene rings is 1. The quantitative estimate of drug-likeness (QED) is 0.753. The molecule has 1 aromatic heterocycles. The van der Waals surface area contributed by atoms with Crippen LogP contribution in [0.2, 0.25) is 15.2 Å². The number of anilines is 1. The van der Waals surface area contributed by atoms with Gasteiger partial charge in [-0.2, -0.15) is 0 Å². The minimum Gasteiger partial charge on any atom is -0.491 e. The highest BCUT2D eigenvalue weighted by Gasteiger charge is 2.11. The van der Waals surface area contributed by atoms with E-state index in [4.69, 9.17) is 39.5 Å². The van der Waals surface area contributed by atoms with Gasteiger partial charge in [0.05, 0.1) is 16.1 Å². The van der Waals surface area contributed by atoms with Gasteiger partial charge in [0.2, 0.25) is 0 Å². The van der Waals surface area contributed by atoms with Crippen molar-refractivity contribution in [2.24, 2.45) is 0 Å². The molecule has 0 bridgehead atoms. The second-order valence-corrected chi connectivity index (χ2v) is 5.93. The van der Waals surface area contributed by atoms with Crippen LogP contribution in [0.3, 0.4) is 0 Å². The summed E-state index contributed by atoms with van der Waals surface area (Å²) in [5, 5.41) is 4.12. The average molecular weight is 346 g/mol. The third kappa shape index (κ3) is 4.67. The lowest BCUT2D eigenvalue weighted by Gasteiger charge is -2.17. The number of nitrogens with one attached hydrogen (secondary N) is 1. The molecular weight excluding hydrogens is 331 g/mol. The minimum absolute atomic E-state index is 0.00791. The molecule has 0 fully saturated rings. The number of nitrogens with zero attached hydrogens (tertiary/aromatic N) is 1. The van der Waals surface area contributed by atoms with E-state index in [1.807, 2.05) is 38.1 Å². The van der Waals surface area contributed by atoms with E-state index >= 15 is 0 Å². The number of hydrogen-bond acceptors (Lipinski definition) is 3. The molecule has 1 atom stereocenters. The highest BCUT2D eigenvalue weighted by molar-refractivity contribution is 6.42. The summed E-state index contributed by atoms with van der Waals surface area (Å²) in [4.78, 5) is 4.11. The summed E-state index contributed by atoms with van der Waals surface area (Å²) >= 11 is 17.8. The molecular formula is C15H15Cl3N2O. The number of aromatic nitrogens is 1. The van der Waals surface area contributed by atoms with Crippen molar-refractivity contribution >= 4 is 40.6 Å². The predicted octanol–water partition coefficient (Wildman–Crippen LogP) is 5.23. The fraction of sp³-hybridized carbons (Fsp3) is 0.267. The molecule has 2 aromatic rings. The monoisotopic (exact) mass is 344 g/mol. The Morgan fingerprint density at radius 2 is 1.81 bits per heavy atom. The topological polar surface area (TPSA) is 34.1 Å². The van der Waals surface area contributed by atoms with Gasteiger partial charge in [-0.1, -0.05) is 52.5 Å². The van der Waals surface area contributed by atoms with Crippen molar-refractivity contribution in [1.82, 2.24) is 4.98 Å². The largest absolute Gasteiger partial charge is 0.491 e. The molecule has 1 aromatic carbocycles. The molecule has 0 saturated carbocycles. The van der Waals surface area contributed by atoms with Crippen molar-refractivity contribution in [3.8, 4) is 5.75 Å². The summed E-state index contributed by atoms with van der Waals surface area (Å²) < 4.78 is 5.70. The van der Waals surface area contributed by atoms with Gasteiger partial charge in [0, 0.05) is 0 Å². The number of hydrogen-bond donors (Lipinski definition) is 1. The second-order valence-electron chi connectivity index (χ2n) is 4.76. The van der Waals surface area contributed by atoms with Crippen LogP contribution in [-0.2, 0) is 0 Å². The Bertz CT molecular complexity index is 617. The molecule has 1 N–H and O–H groups in total. The number of rotatable bonds is 5. The lowest BCUT2D eigenvalue weighted by Crippen LogP contribution is -2.24. The van der Waals surface area contributed by atoms with Crippen LogP contribution in [0.4, 0.5) is 5.82 Å². The van der Waals surface area contributed by atoms with Crippen LogP contribution in [0, 0.1) is 6.92 Å². The molecule has 0 aliphatic carbocycles. The molecule has 0 aliphatic rings. The maximum atomic E-state index is 6.07. The molecule has 0 radical (unpaired) electrons. The van der Waals surface area contributed by atoms with E-state index in [-0.39, 0.29) is 11.2 Å². The van der Waals surface area contributed by atoms with Gasteiger partial charge < -0.3 is 10.1 Å². The van der Waals surface area contributed by atoms with E-state index in [1.165, 1.54) is 5.56 Å². The molecule has 0 aliphatic heterocycles. The van der Waals surface area contributed by atoms with Crippen molar-refractivity contribution in [3.63, 3.8) is 0 Å². The summed E-state index contributed by atoms with van der Waals surface area (Å²) in [6, 6.07) is 9.46. The Kier molecular flexibility index (Phi) is 5.57. The minimum atomic E-state index is 0.00791. The fourth-order valence-electron chi connectivity index (χ4n) is 1.68. The zero-order valence-corrected chi connectivity index (χ0v) is 13.9. The lowest BCUT2D eigenvalue weighted by atomic mass is 10.2. The zero-order valence-electron chi connectivity index (χ0n) is 11.7.